The Bertz CT molecular complexity index is 1100. The van der Waals surface area contributed by atoms with E-state index in [9.17, 15) is 19.6 Å². The van der Waals surface area contributed by atoms with E-state index in [1.165, 1.54) is 12.3 Å². The molecule has 2 saturated heterocycles. The standard InChI is InChI=1S/C18H20Cl2N3O8P/c19-9-1-2-11(20)10(7-9)12-4-6-28-32(27,31-12)29-8-13-15(24)16(25)17(30-13)23-5-3-14(21)22-18(23)26/h1-3,5,7,12-13,15-17,24-25H,4,6,8H2,(H2,21,22,26)/t12-,13-,15-,16+,17-,32?/m1/s1. The molecular formula is C18H20Cl2N3O8P. The normalized spacial score (nSPS) is 32.8. The zero-order valence-electron chi connectivity index (χ0n) is 16.4. The zero-order chi connectivity index (χ0) is 23.0. The highest BCUT2D eigenvalue weighted by molar-refractivity contribution is 7.48. The van der Waals surface area contributed by atoms with Gasteiger partial charge in [-0.3, -0.25) is 18.1 Å². The van der Waals surface area contributed by atoms with Crippen LogP contribution in [0.2, 0.25) is 10.0 Å². The van der Waals surface area contributed by atoms with E-state index in [4.69, 9.17) is 47.2 Å². The molecule has 6 atom stereocenters. The van der Waals surface area contributed by atoms with Gasteiger partial charge in [-0.05, 0) is 24.3 Å². The fraction of sp³-hybridized carbons (Fsp3) is 0.444. The van der Waals surface area contributed by atoms with Crippen LogP contribution in [0.1, 0.15) is 24.3 Å². The predicted octanol–water partition coefficient (Wildman–Crippen LogP) is 2.05. The van der Waals surface area contributed by atoms with Gasteiger partial charge in [0.15, 0.2) is 6.23 Å². The van der Waals surface area contributed by atoms with E-state index in [-0.39, 0.29) is 12.4 Å². The topological polar surface area (TPSA) is 155 Å². The van der Waals surface area contributed by atoms with Crippen molar-refractivity contribution in [2.24, 2.45) is 0 Å². The van der Waals surface area contributed by atoms with Gasteiger partial charge in [0.2, 0.25) is 0 Å². The molecule has 0 amide bonds. The first-order valence-corrected chi connectivity index (χ1v) is 11.8. The number of aliphatic hydroxyl groups is 2. The van der Waals surface area contributed by atoms with Crippen LogP contribution in [0.25, 0.3) is 0 Å². The number of nitrogens with two attached hydrogens (primary N) is 1. The van der Waals surface area contributed by atoms with Gasteiger partial charge in [-0.15, -0.1) is 0 Å². The number of aliphatic hydroxyl groups excluding tert-OH is 2. The highest BCUT2D eigenvalue weighted by Crippen LogP contribution is 2.57. The Morgan fingerprint density at radius 3 is 2.81 bits per heavy atom. The van der Waals surface area contributed by atoms with Crippen LogP contribution in [-0.4, -0.2) is 51.3 Å². The van der Waals surface area contributed by atoms with Crippen LogP contribution >= 0.6 is 31.0 Å². The average Bonchev–Trinajstić information content (AvgIpc) is 3.02. The molecule has 3 heterocycles. The van der Waals surface area contributed by atoms with Crippen LogP contribution in [-0.2, 0) is 22.9 Å². The lowest BCUT2D eigenvalue weighted by Crippen LogP contribution is -2.36. The average molecular weight is 508 g/mol. The summed E-state index contributed by atoms with van der Waals surface area (Å²) in [4.78, 5) is 15.6. The number of phosphoric ester groups is 1. The molecule has 0 spiro atoms. The van der Waals surface area contributed by atoms with E-state index < -0.39 is 50.8 Å². The molecule has 0 saturated carbocycles. The minimum Gasteiger partial charge on any atom is -0.387 e. The molecule has 4 N–H and O–H groups in total. The molecule has 2 aliphatic heterocycles. The number of rotatable bonds is 5. The van der Waals surface area contributed by atoms with Crippen LogP contribution < -0.4 is 11.4 Å². The molecule has 0 radical (unpaired) electrons. The molecule has 1 aromatic heterocycles. The van der Waals surface area contributed by atoms with Gasteiger partial charge in [0.25, 0.3) is 0 Å². The van der Waals surface area contributed by atoms with Crippen molar-refractivity contribution >= 4 is 36.8 Å². The van der Waals surface area contributed by atoms with Crippen LogP contribution in [0.15, 0.2) is 35.3 Å². The first-order valence-electron chi connectivity index (χ1n) is 9.55. The van der Waals surface area contributed by atoms with Crippen molar-refractivity contribution in [3.8, 4) is 0 Å². The minimum absolute atomic E-state index is 0.00165. The highest BCUT2D eigenvalue weighted by atomic mass is 35.5. The Labute approximate surface area is 192 Å². The van der Waals surface area contributed by atoms with Crippen molar-refractivity contribution in [3.05, 3.63) is 56.6 Å². The van der Waals surface area contributed by atoms with E-state index in [0.29, 0.717) is 22.0 Å². The van der Waals surface area contributed by atoms with E-state index in [1.54, 1.807) is 18.2 Å². The quantitative estimate of drug-likeness (QED) is 0.511. The number of anilines is 1. The van der Waals surface area contributed by atoms with E-state index in [1.807, 2.05) is 0 Å². The molecule has 11 nitrogen and oxygen atoms in total. The zero-order valence-corrected chi connectivity index (χ0v) is 18.8. The molecule has 2 aliphatic rings. The molecule has 2 fully saturated rings. The highest BCUT2D eigenvalue weighted by Gasteiger charge is 2.46. The van der Waals surface area contributed by atoms with E-state index in [2.05, 4.69) is 4.98 Å². The van der Waals surface area contributed by atoms with Crippen LogP contribution in [0, 0.1) is 0 Å². The molecule has 1 aromatic carbocycles. The first kappa shape index (κ1) is 23.6. The number of aromatic nitrogens is 2. The van der Waals surface area contributed by atoms with Gasteiger partial charge >= 0.3 is 13.5 Å². The third kappa shape index (κ3) is 4.86. The molecule has 0 bridgehead atoms. The smallest absolute Gasteiger partial charge is 0.387 e. The Kier molecular flexibility index (Phi) is 6.92. The van der Waals surface area contributed by atoms with E-state index in [0.717, 1.165) is 4.57 Å². The van der Waals surface area contributed by atoms with Crippen molar-refractivity contribution in [1.82, 2.24) is 9.55 Å². The Balaban J connectivity index is 1.44. The van der Waals surface area contributed by atoms with E-state index >= 15 is 0 Å². The largest absolute Gasteiger partial charge is 0.475 e. The lowest BCUT2D eigenvalue weighted by molar-refractivity contribution is -0.0609. The SMILES string of the molecule is Nc1ccn([C@@H]2O[C@H](COP3(=O)OCC[C@H](c4cc(Cl)ccc4Cl)O3)[C@@H](O)[C@@H]2O)c(=O)n1. The summed E-state index contributed by atoms with van der Waals surface area (Å²) in [6.07, 6.45) is -4.34. The molecule has 4 rings (SSSR count). The summed E-state index contributed by atoms with van der Waals surface area (Å²) in [5, 5.41) is 21.5. The van der Waals surface area contributed by atoms with Gasteiger partial charge in [0.1, 0.15) is 24.1 Å². The van der Waals surface area contributed by atoms with Crippen molar-refractivity contribution < 1.29 is 33.1 Å². The number of nitrogens with zero attached hydrogens (tertiary/aromatic N) is 2. The Morgan fingerprint density at radius 2 is 2.06 bits per heavy atom. The van der Waals surface area contributed by atoms with Crippen LogP contribution in [0.4, 0.5) is 5.82 Å². The van der Waals surface area contributed by atoms with Gasteiger partial charge in [0.05, 0.1) is 19.3 Å². The maximum Gasteiger partial charge on any atom is 0.475 e. The summed E-state index contributed by atoms with van der Waals surface area (Å²) in [5.74, 6) is -0.00165. The third-order valence-corrected chi connectivity index (χ3v) is 7.11. The summed E-state index contributed by atoms with van der Waals surface area (Å²) in [7, 11) is -4.05. The number of halogens is 2. The minimum atomic E-state index is -4.05. The van der Waals surface area contributed by atoms with Gasteiger partial charge in [-0.2, -0.15) is 4.98 Å². The van der Waals surface area contributed by atoms with Gasteiger partial charge in [-0.1, -0.05) is 23.2 Å². The molecule has 174 valence electrons. The first-order chi connectivity index (χ1) is 15.2. The van der Waals surface area contributed by atoms with Crippen molar-refractivity contribution in [2.75, 3.05) is 18.9 Å². The Hall–Kier alpha value is -1.53. The number of ether oxygens (including phenoxy) is 1. The van der Waals surface area contributed by atoms with Crippen molar-refractivity contribution in [1.29, 1.82) is 0 Å². The molecule has 1 unspecified atom stereocenters. The molecular weight excluding hydrogens is 488 g/mol. The summed E-state index contributed by atoms with van der Waals surface area (Å²) in [6, 6.07) is 6.16. The summed E-state index contributed by atoms with van der Waals surface area (Å²) < 4.78 is 35.6. The van der Waals surface area contributed by atoms with Crippen LogP contribution in [0.5, 0.6) is 0 Å². The molecule has 0 aliphatic carbocycles. The van der Waals surface area contributed by atoms with Crippen LogP contribution in [0.3, 0.4) is 0 Å². The fourth-order valence-corrected chi connectivity index (χ4v) is 5.24. The predicted molar refractivity (Wildman–Crippen MR) is 113 cm³/mol. The van der Waals surface area contributed by atoms with Gasteiger partial charge in [0, 0.05) is 28.2 Å². The lowest BCUT2D eigenvalue weighted by atomic mass is 10.1. The fourth-order valence-electron chi connectivity index (χ4n) is 3.43. The van der Waals surface area contributed by atoms with Crippen molar-refractivity contribution in [2.45, 2.75) is 37.1 Å². The number of nitrogen functional groups attached to an aromatic ring is 1. The number of phosphoric acid groups is 1. The summed E-state index contributed by atoms with van der Waals surface area (Å²) >= 11 is 12.2. The van der Waals surface area contributed by atoms with Gasteiger partial charge in [-0.25, -0.2) is 9.36 Å². The molecule has 14 heteroatoms. The molecule has 32 heavy (non-hydrogen) atoms. The third-order valence-electron chi connectivity index (χ3n) is 5.05. The number of hydrogen-bond donors (Lipinski definition) is 3. The number of hydrogen-bond acceptors (Lipinski definition) is 10. The second-order valence-corrected chi connectivity index (χ2v) is 9.68. The summed E-state index contributed by atoms with van der Waals surface area (Å²) in [6.45, 7) is -0.379. The second kappa shape index (κ2) is 9.38. The monoisotopic (exact) mass is 507 g/mol. The summed E-state index contributed by atoms with van der Waals surface area (Å²) in [5.41, 5.74) is 5.23. The second-order valence-electron chi connectivity index (χ2n) is 7.21. The lowest BCUT2D eigenvalue weighted by Gasteiger charge is -2.30. The number of benzene rings is 1. The molecule has 2 aromatic rings. The van der Waals surface area contributed by atoms with Gasteiger partial charge < -0.3 is 20.7 Å². The maximum absolute atomic E-state index is 13.0. The Morgan fingerprint density at radius 1 is 1.28 bits per heavy atom. The van der Waals surface area contributed by atoms with Crippen molar-refractivity contribution in [3.63, 3.8) is 0 Å². The maximum atomic E-state index is 13.0.